The van der Waals surface area contributed by atoms with Crippen molar-refractivity contribution in [1.29, 1.82) is 0 Å². The minimum absolute atomic E-state index is 0.0507. The van der Waals surface area contributed by atoms with Crippen LogP contribution >= 0.6 is 0 Å². The Kier molecular flexibility index (Phi) is 4.11. The molecular weight excluding hydrogens is 260 g/mol. The van der Waals surface area contributed by atoms with E-state index in [1.165, 1.54) is 0 Å². The lowest BCUT2D eigenvalue weighted by Crippen LogP contribution is -2.51. The molecule has 20 heavy (non-hydrogen) atoms. The average Bonchev–Trinajstić information content (AvgIpc) is 2.68. The molecule has 110 valence electrons. The molecule has 2 N–H and O–H groups in total. The third-order valence-corrected chi connectivity index (χ3v) is 3.79. The van der Waals surface area contributed by atoms with E-state index in [0.717, 1.165) is 19.3 Å². The SMILES string of the molecule is Cc1nc(C)c(C(=O)NC2(CC(=O)O)CCCCC2)o1. The van der Waals surface area contributed by atoms with E-state index < -0.39 is 11.5 Å². The second-order valence-corrected chi connectivity index (χ2v) is 5.51. The highest BCUT2D eigenvalue weighted by atomic mass is 16.4. The number of hydrogen-bond acceptors (Lipinski definition) is 4. The molecule has 1 aliphatic carbocycles. The largest absolute Gasteiger partial charge is 0.481 e. The number of carbonyl (C=O) groups excluding carboxylic acids is 1. The molecule has 6 nitrogen and oxygen atoms in total. The van der Waals surface area contributed by atoms with Crippen molar-refractivity contribution in [2.24, 2.45) is 0 Å². The van der Waals surface area contributed by atoms with E-state index in [2.05, 4.69) is 10.3 Å². The van der Waals surface area contributed by atoms with Gasteiger partial charge in [-0.2, -0.15) is 0 Å². The number of nitrogens with zero attached hydrogens (tertiary/aromatic N) is 1. The van der Waals surface area contributed by atoms with Crippen LogP contribution in [0, 0.1) is 13.8 Å². The van der Waals surface area contributed by atoms with Gasteiger partial charge in [0, 0.05) is 6.92 Å². The van der Waals surface area contributed by atoms with E-state index in [-0.39, 0.29) is 18.1 Å². The van der Waals surface area contributed by atoms with E-state index in [1.54, 1.807) is 13.8 Å². The smallest absolute Gasteiger partial charge is 0.305 e. The van der Waals surface area contributed by atoms with Gasteiger partial charge in [0.2, 0.25) is 5.76 Å². The Bertz CT molecular complexity index is 515. The zero-order valence-electron chi connectivity index (χ0n) is 11.9. The molecule has 0 aliphatic heterocycles. The number of amides is 1. The highest BCUT2D eigenvalue weighted by Gasteiger charge is 2.37. The maximum atomic E-state index is 12.3. The van der Waals surface area contributed by atoms with Crippen LogP contribution in [0.2, 0.25) is 0 Å². The molecule has 0 aromatic carbocycles. The van der Waals surface area contributed by atoms with Gasteiger partial charge in [-0.05, 0) is 19.8 Å². The number of oxazole rings is 1. The predicted octanol–water partition coefficient (Wildman–Crippen LogP) is 2.20. The van der Waals surface area contributed by atoms with Crippen molar-refractivity contribution in [3.05, 3.63) is 17.3 Å². The molecule has 1 aliphatic rings. The fourth-order valence-electron chi connectivity index (χ4n) is 2.90. The number of nitrogens with one attached hydrogen (secondary N) is 1. The van der Waals surface area contributed by atoms with Crippen LogP contribution in [0.25, 0.3) is 0 Å². The predicted molar refractivity (Wildman–Crippen MR) is 71.5 cm³/mol. The van der Waals surface area contributed by atoms with Gasteiger partial charge >= 0.3 is 5.97 Å². The van der Waals surface area contributed by atoms with E-state index in [0.29, 0.717) is 24.4 Å². The van der Waals surface area contributed by atoms with Crippen LogP contribution in [0.5, 0.6) is 0 Å². The van der Waals surface area contributed by atoms with E-state index >= 15 is 0 Å². The summed E-state index contributed by atoms with van der Waals surface area (Å²) in [5.74, 6) is -0.648. The Labute approximate surface area is 117 Å². The number of rotatable bonds is 4. The van der Waals surface area contributed by atoms with Crippen molar-refractivity contribution < 1.29 is 19.1 Å². The van der Waals surface area contributed by atoms with Gasteiger partial charge in [0.05, 0.1) is 17.7 Å². The number of hydrogen-bond donors (Lipinski definition) is 2. The maximum Gasteiger partial charge on any atom is 0.305 e. The van der Waals surface area contributed by atoms with Crippen LogP contribution in [0.3, 0.4) is 0 Å². The van der Waals surface area contributed by atoms with Gasteiger partial charge < -0.3 is 14.8 Å². The molecule has 1 heterocycles. The molecule has 0 radical (unpaired) electrons. The summed E-state index contributed by atoms with van der Waals surface area (Å²) in [7, 11) is 0. The summed E-state index contributed by atoms with van der Waals surface area (Å²) in [6, 6.07) is 0. The average molecular weight is 280 g/mol. The molecule has 0 saturated heterocycles. The quantitative estimate of drug-likeness (QED) is 0.882. The lowest BCUT2D eigenvalue weighted by Gasteiger charge is -2.36. The zero-order valence-corrected chi connectivity index (χ0v) is 11.9. The monoisotopic (exact) mass is 280 g/mol. The fraction of sp³-hybridized carbons (Fsp3) is 0.643. The summed E-state index contributed by atoms with van der Waals surface area (Å²) in [5.41, 5.74) is -0.129. The topological polar surface area (TPSA) is 92.4 Å². The van der Waals surface area contributed by atoms with Crippen LogP contribution in [0.1, 0.15) is 60.7 Å². The van der Waals surface area contributed by atoms with Crippen molar-refractivity contribution in [2.45, 2.75) is 57.9 Å². The van der Waals surface area contributed by atoms with Gasteiger partial charge in [0.15, 0.2) is 5.89 Å². The molecule has 2 rings (SSSR count). The zero-order chi connectivity index (χ0) is 14.8. The lowest BCUT2D eigenvalue weighted by molar-refractivity contribution is -0.139. The summed E-state index contributed by atoms with van der Waals surface area (Å²) in [4.78, 5) is 27.4. The standard InChI is InChI=1S/C14H20N2O4/c1-9-12(20-10(2)15-9)13(19)16-14(8-11(17)18)6-4-3-5-7-14/h3-8H2,1-2H3,(H,16,19)(H,17,18). The number of aliphatic carboxylic acids is 1. The van der Waals surface area contributed by atoms with Crippen LogP contribution in [0.15, 0.2) is 4.42 Å². The molecular formula is C14H20N2O4. The van der Waals surface area contributed by atoms with Gasteiger partial charge in [-0.25, -0.2) is 4.98 Å². The van der Waals surface area contributed by atoms with Crippen LogP contribution in [0.4, 0.5) is 0 Å². The third-order valence-electron chi connectivity index (χ3n) is 3.79. The Morgan fingerprint density at radius 1 is 1.30 bits per heavy atom. The molecule has 1 aromatic rings. The number of carboxylic acid groups (broad SMARTS) is 1. The van der Waals surface area contributed by atoms with Crippen molar-refractivity contribution >= 4 is 11.9 Å². The Morgan fingerprint density at radius 3 is 2.45 bits per heavy atom. The van der Waals surface area contributed by atoms with Gasteiger partial charge in [0.1, 0.15) is 0 Å². The van der Waals surface area contributed by atoms with Gasteiger partial charge in [-0.3, -0.25) is 9.59 Å². The first kappa shape index (κ1) is 14.6. The number of carboxylic acids is 1. The molecule has 0 bridgehead atoms. The Morgan fingerprint density at radius 2 is 1.95 bits per heavy atom. The second-order valence-electron chi connectivity index (χ2n) is 5.51. The molecule has 0 atom stereocenters. The van der Waals surface area contributed by atoms with Gasteiger partial charge in [-0.15, -0.1) is 0 Å². The van der Waals surface area contributed by atoms with E-state index in [9.17, 15) is 9.59 Å². The molecule has 0 unspecified atom stereocenters. The molecule has 1 amide bonds. The molecule has 1 fully saturated rings. The van der Waals surface area contributed by atoms with Gasteiger partial charge in [-0.1, -0.05) is 19.3 Å². The minimum Gasteiger partial charge on any atom is -0.481 e. The molecule has 1 saturated carbocycles. The first-order valence-electron chi connectivity index (χ1n) is 6.90. The normalized spacial score (nSPS) is 17.7. The summed E-state index contributed by atoms with van der Waals surface area (Å²) in [6.07, 6.45) is 4.28. The fourth-order valence-corrected chi connectivity index (χ4v) is 2.90. The Balaban J connectivity index is 2.17. The van der Waals surface area contributed by atoms with Crippen LogP contribution in [-0.4, -0.2) is 27.5 Å². The number of aryl methyl sites for hydroxylation is 2. The maximum absolute atomic E-state index is 12.3. The molecule has 0 spiro atoms. The molecule has 6 heteroatoms. The molecule has 1 aromatic heterocycles. The summed E-state index contributed by atoms with van der Waals surface area (Å²) in [5, 5.41) is 12.0. The van der Waals surface area contributed by atoms with Crippen LogP contribution in [-0.2, 0) is 4.79 Å². The van der Waals surface area contributed by atoms with E-state index in [1.807, 2.05) is 0 Å². The van der Waals surface area contributed by atoms with Crippen molar-refractivity contribution in [2.75, 3.05) is 0 Å². The Hall–Kier alpha value is -1.85. The summed E-state index contributed by atoms with van der Waals surface area (Å²) < 4.78 is 5.30. The summed E-state index contributed by atoms with van der Waals surface area (Å²) in [6.45, 7) is 3.38. The highest BCUT2D eigenvalue weighted by molar-refractivity contribution is 5.93. The first-order valence-corrected chi connectivity index (χ1v) is 6.90. The lowest BCUT2D eigenvalue weighted by atomic mass is 9.79. The van der Waals surface area contributed by atoms with Gasteiger partial charge in [0.25, 0.3) is 5.91 Å². The summed E-state index contributed by atoms with van der Waals surface area (Å²) >= 11 is 0. The third kappa shape index (κ3) is 3.18. The van der Waals surface area contributed by atoms with Crippen molar-refractivity contribution in [3.8, 4) is 0 Å². The number of aromatic nitrogens is 1. The number of carbonyl (C=O) groups is 2. The first-order chi connectivity index (χ1) is 9.42. The second kappa shape index (κ2) is 5.64. The van der Waals surface area contributed by atoms with E-state index in [4.69, 9.17) is 9.52 Å². The van der Waals surface area contributed by atoms with Crippen molar-refractivity contribution in [3.63, 3.8) is 0 Å². The van der Waals surface area contributed by atoms with Crippen LogP contribution < -0.4 is 5.32 Å². The minimum atomic E-state index is -0.891. The van der Waals surface area contributed by atoms with Crippen molar-refractivity contribution in [1.82, 2.24) is 10.3 Å². The highest BCUT2D eigenvalue weighted by Crippen LogP contribution is 2.31.